The van der Waals surface area contributed by atoms with Crippen molar-refractivity contribution in [3.63, 3.8) is 0 Å². The van der Waals surface area contributed by atoms with Gasteiger partial charge in [0.25, 0.3) is 5.52 Å². The third-order valence-corrected chi connectivity index (χ3v) is 12.2. The van der Waals surface area contributed by atoms with E-state index in [1.165, 1.54) is 217 Å². The molecule has 4 aromatic rings. The largest absolute Gasteiger partial charge is 0.440 e. The maximum Gasteiger partial charge on any atom is 0.373 e. The van der Waals surface area contributed by atoms with Crippen LogP contribution in [0, 0.1) is 0 Å². The molecular formula is C53H85N2O2+. The zero-order valence-corrected chi connectivity index (χ0v) is 37.2. The number of aromatic nitrogens is 2. The van der Waals surface area contributed by atoms with Crippen molar-refractivity contribution in [2.24, 2.45) is 0 Å². The van der Waals surface area contributed by atoms with E-state index in [-0.39, 0.29) is 0 Å². The summed E-state index contributed by atoms with van der Waals surface area (Å²) >= 11 is 0. The van der Waals surface area contributed by atoms with Crippen molar-refractivity contribution >= 4 is 28.3 Å². The predicted molar refractivity (Wildman–Crippen MR) is 246 cm³/mol. The van der Waals surface area contributed by atoms with Crippen molar-refractivity contribution in [3.05, 3.63) is 65.9 Å². The van der Waals surface area contributed by atoms with E-state index in [0.29, 0.717) is 6.42 Å². The number of aryl methyl sites for hydroxylation is 2. The maximum absolute atomic E-state index is 6.49. The second-order valence-electron chi connectivity index (χ2n) is 17.4. The van der Waals surface area contributed by atoms with Gasteiger partial charge in [0.1, 0.15) is 5.52 Å². The number of oxazole rings is 2. The first-order chi connectivity index (χ1) is 28.3. The van der Waals surface area contributed by atoms with E-state index in [2.05, 4.69) is 53.7 Å². The summed E-state index contributed by atoms with van der Waals surface area (Å²) in [6.07, 6.45) is 51.0. The molecule has 4 rings (SSSR count). The van der Waals surface area contributed by atoms with Gasteiger partial charge in [0.2, 0.25) is 5.58 Å². The second kappa shape index (κ2) is 31.1. The van der Waals surface area contributed by atoms with Gasteiger partial charge in [-0.05, 0) is 43.0 Å². The Balaban J connectivity index is 1.15. The van der Waals surface area contributed by atoms with Gasteiger partial charge in [0, 0.05) is 25.0 Å². The van der Waals surface area contributed by atoms with Crippen molar-refractivity contribution in [1.82, 2.24) is 4.98 Å². The zero-order valence-electron chi connectivity index (χ0n) is 37.2. The Labute approximate surface area is 350 Å². The Kier molecular flexibility index (Phi) is 25.5. The van der Waals surface area contributed by atoms with Crippen LogP contribution in [0.15, 0.2) is 57.4 Å². The third-order valence-electron chi connectivity index (χ3n) is 12.2. The highest BCUT2D eigenvalue weighted by Crippen LogP contribution is 2.22. The van der Waals surface area contributed by atoms with E-state index in [1.54, 1.807) is 0 Å². The molecule has 57 heavy (non-hydrogen) atoms. The summed E-state index contributed by atoms with van der Waals surface area (Å²) < 4.78 is 14.9. The van der Waals surface area contributed by atoms with Crippen molar-refractivity contribution in [1.29, 1.82) is 0 Å². The van der Waals surface area contributed by atoms with Crippen molar-refractivity contribution in [2.75, 3.05) is 0 Å². The number of fused-ring (bicyclic) bond motifs is 2. The number of allylic oxidation sites excluding steroid dienone is 1. The number of hydrogen-bond donors (Lipinski definition) is 0. The van der Waals surface area contributed by atoms with Crippen molar-refractivity contribution < 1.29 is 13.4 Å². The molecule has 0 bridgehead atoms. The molecule has 4 nitrogen and oxygen atoms in total. The van der Waals surface area contributed by atoms with Gasteiger partial charge in [-0.1, -0.05) is 224 Å². The molecule has 0 atom stereocenters. The normalized spacial score (nSPS) is 12.0. The summed E-state index contributed by atoms with van der Waals surface area (Å²) in [6, 6.07) is 14.9. The SMILES string of the molecule is CCCCCCCCCCCCCCCCCCc1ccc2oc(C=CCc3nc4ccccc4o3)[n+](CCCCCCCCCCCCCCCCCC)c2c1. The molecule has 0 spiro atoms. The molecule has 0 radical (unpaired) electrons. The predicted octanol–water partition coefficient (Wildman–Crippen LogP) is 17.2. The van der Waals surface area contributed by atoms with Gasteiger partial charge in [0.05, 0.1) is 0 Å². The fraction of sp³-hybridized carbons (Fsp3) is 0.698. The van der Waals surface area contributed by atoms with E-state index in [0.717, 1.165) is 41.4 Å². The Bertz CT molecular complexity index is 1550. The molecule has 0 aliphatic carbocycles. The minimum Gasteiger partial charge on any atom is -0.440 e. The van der Waals surface area contributed by atoms with Crippen LogP contribution < -0.4 is 4.57 Å². The Morgan fingerprint density at radius 2 is 0.965 bits per heavy atom. The fourth-order valence-electron chi connectivity index (χ4n) is 8.62. The minimum absolute atomic E-state index is 0.648. The van der Waals surface area contributed by atoms with E-state index in [9.17, 15) is 0 Å². The molecule has 2 heterocycles. The lowest BCUT2D eigenvalue weighted by Crippen LogP contribution is -2.35. The first-order valence-corrected chi connectivity index (χ1v) is 24.7. The molecule has 0 fully saturated rings. The second-order valence-corrected chi connectivity index (χ2v) is 17.4. The molecule has 0 N–H and O–H groups in total. The smallest absolute Gasteiger partial charge is 0.373 e. The van der Waals surface area contributed by atoms with E-state index in [1.807, 2.05) is 24.3 Å². The number of para-hydroxylation sites is 2. The summed E-state index contributed by atoms with van der Waals surface area (Å²) in [7, 11) is 0. The average molecular weight is 782 g/mol. The Morgan fingerprint density at radius 1 is 0.491 bits per heavy atom. The van der Waals surface area contributed by atoms with Crippen LogP contribution in [-0.2, 0) is 19.4 Å². The molecule has 0 aliphatic rings. The lowest BCUT2D eigenvalue weighted by molar-refractivity contribution is -0.678. The first-order valence-electron chi connectivity index (χ1n) is 24.7. The van der Waals surface area contributed by atoms with E-state index >= 15 is 0 Å². The highest BCUT2D eigenvalue weighted by Gasteiger charge is 2.21. The van der Waals surface area contributed by atoms with Gasteiger partial charge in [-0.2, -0.15) is 4.57 Å². The summed E-state index contributed by atoms with van der Waals surface area (Å²) in [5.41, 5.74) is 5.44. The van der Waals surface area contributed by atoms with Crippen LogP contribution in [0.25, 0.3) is 28.3 Å². The zero-order chi connectivity index (χ0) is 39.9. The minimum atomic E-state index is 0.648. The van der Waals surface area contributed by atoms with Crippen LogP contribution in [0.3, 0.4) is 0 Å². The van der Waals surface area contributed by atoms with Gasteiger partial charge >= 0.3 is 5.89 Å². The summed E-state index contributed by atoms with van der Waals surface area (Å²) in [4.78, 5) is 4.67. The number of hydrogen-bond acceptors (Lipinski definition) is 3. The molecule has 2 aromatic heterocycles. The van der Waals surface area contributed by atoms with Crippen LogP contribution >= 0.6 is 0 Å². The van der Waals surface area contributed by atoms with Gasteiger partial charge < -0.3 is 8.83 Å². The molecular weight excluding hydrogens is 697 g/mol. The van der Waals surface area contributed by atoms with Gasteiger partial charge in [0.15, 0.2) is 18.0 Å². The lowest BCUT2D eigenvalue weighted by atomic mass is 10.0. The highest BCUT2D eigenvalue weighted by atomic mass is 16.4. The summed E-state index contributed by atoms with van der Waals surface area (Å²) in [6.45, 7) is 5.60. The number of nitrogens with zero attached hydrogens (tertiary/aromatic N) is 2. The van der Waals surface area contributed by atoms with Crippen LogP contribution in [0.2, 0.25) is 0 Å². The highest BCUT2D eigenvalue weighted by molar-refractivity contribution is 5.72. The van der Waals surface area contributed by atoms with Crippen molar-refractivity contribution in [3.8, 4) is 0 Å². The molecule has 0 aliphatic heterocycles. The quantitative estimate of drug-likeness (QED) is 0.0338. The van der Waals surface area contributed by atoms with Crippen molar-refractivity contribution in [2.45, 2.75) is 239 Å². The number of rotatable bonds is 37. The summed E-state index contributed by atoms with van der Waals surface area (Å²) in [5, 5.41) is 0. The lowest BCUT2D eigenvalue weighted by Gasteiger charge is -2.04. The molecule has 0 amide bonds. The third kappa shape index (κ3) is 20.1. The maximum atomic E-state index is 6.49. The first kappa shape index (κ1) is 46.8. The van der Waals surface area contributed by atoms with Crippen LogP contribution in [0.4, 0.5) is 0 Å². The molecule has 318 valence electrons. The van der Waals surface area contributed by atoms with Gasteiger partial charge in [-0.3, -0.25) is 0 Å². The van der Waals surface area contributed by atoms with E-state index < -0.39 is 0 Å². The Hall–Kier alpha value is -2.88. The van der Waals surface area contributed by atoms with Crippen LogP contribution in [0.1, 0.15) is 237 Å². The molecule has 0 unspecified atom stereocenters. The van der Waals surface area contributed by atoms with Gasteiger partial charge in [-0.25, -0.2) is 4.98 Å². The average Bonchev–Trinajstić information content (AvgIpc) is 3.80. The Morgan fingerprint density at radius 3 is 1.47 bits per heavy atom. The van der Waals surface area contributed by atoms with E-state index in [4.69, 9.17) is 8.83 Å². The molecule has 4 heteroatoms. The standard InChI is InChI=1S/C53H85N2O2/c1-3-5-7-9-11-13-15-17-19-21-23-25-27-29-31-33-38-47-43-44-51-49(46-47)55(53(57-51)42-37-41-52-54-48-39-34-35-40-50(48)56-52)45-36-32-30-28-26-24-22-20-18-16-14-12-10-8-6-4-2/h34-35,37,39-40,42-44,46H,3-33,36,38,41,45H2,1-2H3/q+1. The van der Waals surface area contributed by atoms with Crippen LogP contribution in [-0.4, -0.2) is 4.98 Å². The molecule has 0 saturated heterocycles. The number of benzene rings is 2. The van der Waals surface area contributed by atoms with Gasteiger partial charge in [-0.15, -0.1) is 0 Å². The summed E-state index contributed by atoms with van der Waals surface area (Å²) in [5.74, 6) is 1.68. The monoisotopic (exact) mass is 782 g/mol. The topological polar surface area (TPSA) is 43.1 Å². The van der Waals surface area contributed by atoms with Crippen LogP contribution in [0.5, 0.6) is 0 Å². The number of unbranched alkanes of at least 4 members (excludes halogenated alkanes) is 30. The fourth-order valence-corrected chi connectivity index (χ4v) is 8.62. The molecule has 2 aromatic carbocycles. The molecule has 0 saturated carbocycles.